The molecule has 0 fully saturated rings. The molecule has 0 radical (unpaired) electrons. The van der Waals surface area contributed by atoms with E-state index in [-0.39, 0.29) is 11.8 Å². The smallest absolute Gasteiger partial charge is 0.239 e. The van der Waals surface area contributed by atoms with Gasteiger partial charge in [0.15, 0.2) is 0 Å². The lowest BCUT2D eigenvalue weighted by molar-refractivity contribution is -0.121. The van der Waals surface area contributed by atoms with Crippen molar-refractivity contribution < 1.29 is 4.79 Å². The zero-order valence-electron chi connectivity index (χ0n) is 11.5. The Morgan fingerprint density at radius 1 is 1.56 bits per heavy atom. The van der Waals surface area contributed by atoms with Gasteiger partial charge in [-0.2, -0.15) is 0 Å². The van der Waals surface area contributed by atoms with Crippen LogP contribution in [0, 0.1) is 5.92 Å². The first kappa shape index (κ1) is 14.7. The molecule has 1 rings (SSSR count). The third-order valence-corrected chi connectivity index (χ3v) is 3.07. The maximum absolute atomic E-state index is 11.7. The molecule has 0 aromatic carbocycles. The molecule has 18 heavy (non-hydrogen) atoms. The van der Waals surface area contributed by atoms with Gasteiger partial charge in [0.1, 0.15) is 6.54 Å². The number of hydrogen-bond donors (Lipinski definition) is 2. The molecule has 0 spiro atoms. The number of nitrogens with one attached hydrogen (secondary N) is 1. The predicted octanol–water partition coefficient (Wildman–Crippen LogP) is 1.11. The van der Waals surface area contributed by atoms with Crippen molar-refractivity contribution in [3.63, 3.8) is 0 Å². The maximum Gasteiger partial charge on any atom is 0.239 e. The van der Waals surface area contributed by atoms with Crippen molar-refractivity contribution in [3.8, 4) is 0 Å². The number of amides is 1. The van der Waals surface area contributed by atoms with Crippen LogP contribution < -0.4 is 11.1 Å². The van der Waals surface area contributed by atoms with Gasteiger partial charge >= 0.3 is 0 Å². The molecule has 1 amide bonds. The summed E-state index contributed by atoms with van der Waals surface area (Å²) < 4.78 is 1.89. The van der Waals surface area contributed by atoms with Crippen LogP contribution in [0.1, 0.15) is 38.8 Å². The number of aromatic nitrogens is 2. The molecule has 0 aliphatic heterocycles. The van der Waals surface area contributed by atoms with E-state index in [4.69, 9.17) is 5.73 Å². The van der Waals surface area contributed by atoms with Crippen LogP contribution in [0.5, 0.6) is 0 Å². The average molecular weight is 252 g/mol. The summed E-state index contributed by atoms with van der Waals surface area (Å²) in [6, 6.07) is 0. The van der Waals surface area contributed by atoms with E-state index in [0.29, 0.717) is 25.6 Å². The minimum Gasteiger partial charge on any atom is -0.355 e. The zero-order valence-corrected chi connectivity index (χ0v) is 11.5. The summed E-state index contributed by atoms with van der Waals surface area (Å²) in [6.45, 7) is 7.90. The van der Waals surface area contributed by atoms with Gasteiger partial charge in [-0.25, -0.2) is 4.98 Å². The van der Waals surface area contributed by atoms with Crippen LogP contribution in [-0.2, 0) is 11.3 Å². The van der Waals surface area contributed by atoms with Crippen molar-refractivity contribution in [1.82, 2.24) is 14.9 Å². The van der Waals surface area contributed by atoms with Gasteiger partial charge in [-0.15, -0.1) is 0 Å². The molecular weight excluding hydrogens is 228 g/mol. The highest BCUT2D eigenvalue weighted by molar-refractivity contribution is 5.75. The molecule has 5 nitrogen and oxygen atoms in total. The maximum atomic E-state index is 11.7. The molecule has 1 atom stereocenters. The summed E-state index contributed by atoms with van der Waals surface area (Å²) in [5.74, 6) is 0.700. The van der Waals surface area contributed by atoms with Gasteiger partial charge in [-0.3, -0.25) is 4.79 Å². The molecular formula is C13H24N4O. The molecule has 0 saturated heterocycles. The highest BCUT2D eigenvalue weighted by atomic mass is 16.1. The lowest BCUT2D eigenvalue weighted by atomic mass is 9.93. The summed E-state index contributed by atoms with van der Waals surface area (Å²) in [6.07, 6.45) is 4.45. The first-order valence-corrected chi connectivity index (χ1v) is 6.56. The van der Waals surface area contributed by atoms with E-state index in [1.807, 2.05) is 17.7 Å². The van der Waals surface area contributed by atoms with Crippen molar-refractivity contribution in [2.45, 2.75) is 39.7 Å². The van der Waals surface area contributed by atoms with Crippen molar-refractivity contribution in [3.05, 3.63) is 18.2 Å². The molecule has 0 bridgehead atoms. The topological polar surface area (TPSA) is 72.9 Å². The monoisotopic (exact) mass is 252 g/mol. The molecule has 1 heterocycles. The van der Waals surface area contributed by atoms with Crippen LogP contribution in [0.2, 0.25) is 0 Å². The Labute approximate surface area is 109 Å². The highest BCUT2D eigenvalue weighted by Gasteiger charge is 2.19. The van der Waals surface area contributed by atoms with Crippen molar-refractivity contribution in [1.29, 1.82) is 0 Å². The van der Waals surface area contributed by atoms with E-state index in [9.17, 15) is 4.79 Å². The van der Waals surface area contributed by atoms with E-state index >= 15 is 0 Å². The Morgan fingerprint density at radius 2 is 2.28 bits per heavy atom. The molecule has 0 saturated carbocycles. The number of nitrogens with two attached hydrogens (primary N) is 1. The number of imidazole rings is 1. The van der Waals surface area contributed by atoms with Crippen LogP contribution in [0.3, 0.4) is 0 Å². The van der Waals surface area contributed by atoms with E-state index < -0.39 is 0 Å². The van der Waals surface area contributed by atoms with Crippen molar-refractivity contribution in [2.24, 2.45) is 11.7 Å². The Morgan fingerprint density at radius 3 is 2.83 bits per heavy atom. The van der Waals surface area contributed by atoms with Crippen LogP contribution in [0.25, 0.3) is 0 Å². The normalized spacial score (nSPS) is 12.7. The fraction of sp³-hybridized carbons (Fsp3) is 0.692. The summed E-state index contributed by atoms with van der Waals surface area (Å²) >= 11 is 0. The Bertz CT molecular complexity index is 373. The van der Waals surface area contributed by atoms with E-state index in [1.165, 1.54) is 0 Å². The number of carbonyl (C=O) groups excluding carboxylic acids is 1. The van der Waals surface area contributed by atoms with Gasteiger partial charge < -0.3 is 15.6 Å². The van der Waals surface area contributed by atoms with Gasteiger partial charge in [-0.1, -0.05) is 20.8 Å². The predicted molar refractivity (Wildman–Crippen MR) is 72.2 cm³/mol. The fourth-order valence-corrected chi connectivity index (χ4v) is 1.98. The minimum absolute atomic E-state index is 0.0237. The molecule has 3 N–H and O–H groups in total. The van der Waals surface area contributed by atoms with Gasteiger partial charge in [0.2, 0.25) is 5.91 Å². The first-order valence-electron chi connectivity index (χ1n) is 6.56. The molecule has 0 aliphatic carbocycles. The van der Waals surface area contributed by atoms with Crippen molar-refractivity contribution >= 4 is 5.91 Å². The molecule has 1 aromatic heterocycles. The molecule has 0 aliphatic rings. The van der Waals surface area contributed by atoms with E-state index in [1.54, 1.807) is 6.33 Å². The third-order valence-electron chi connectivity index (χ3n) is 3.07. The van der Waals surface area contributed by atoms with Crippen LogP contribution in [0.15, 0.2) is 12.5 Å². The second kappa shape index (κ2) is 7.16. The second-order valence-electron chi connectivity index (χ2n) is 4.88. The van der Waals surface area contributed by atoms with Crippen LogP contribution in [-0.4, -0.2) is 28.5 Å². The first-order chi connectivity index (χ1) is 8.60. The Kier molecular flexibility index (Phi) is 5.85. The Hall–Kier alpha value is -1.36. The lowest BCUT2D eigenvalue weighted by Gasteiger charge is -2.20. The van der Waals surface area contributed by atoms with Gasteiger partial charge in [0.05, 0.1) is 6.33 Å². The fourth-order valence-electron chi connectivity index (χ4n) is 1.98. The number of rotatable bonds is 7. The van der Waals surface area contributed by atoms with Crippen LogP contribution in [0.4, 0.5) is 0 Å². The molecule has 102 valence electrons. The van der Waals surface area contributed by atoms with Crippen molar-refractivity contribution in [2.75, 3.05) is 13.1 Å². The zero-order chi connectivity index (χ0) is 13.5. The van der Waals surface area contributed by atoms with Gasteiger partial charge in [-0.05, 0) is 12.3 Å². The Balaban J connectivity index is 2.73. The van der Waals surface area contributed by atoms with Gasteiger partial charge in [0.25, 0.3) is 0 Å². The second-order valence-corrected chi connectivity index (χ2v) is 4.88. The molecule has 1 unspecified atom stereocenters. The lowest BCUT2D eigenvalue weighted by Crippen LogP contribution is -2.30. The number of nitrogens with zero attached hydrogens (tertiary/aromatic N) is 2. The van der Waals surface area contributed by atoms with E-state index in [0.717, 1.165) is 12.1 Å². The quantitative estimate of drug-likeness (QED) is 0.763. The molecule has 5 heteroatoms. The largest absolute Gasteiger partial charge is 0.355 e. The number of hydrogen-bond acceptors (Lipinski definition) is 3. The van der Waals surface area contributed by atoms with E-state index in [2.05, 4.69) is 24.1 Å². The third kappa shape index (κ3) is 3.84. The van der Waals surface area contributed by atoms with Crippen LogP contribution >= 0.6 is 0 Å². The minimum atomic E-state index is 0.0237. The summed E-state index contributed by atoms with van der Waals surface area (Å²) in [5, 5.41) is 2.87. The SMILES string of the molecule is CCCNC(=O)Cn1cncc1C(CN)C(C)C. The summed E-state index contributed by atoms with van der Waals surface area (Å²) in [4.78, 5) is 15.8. The average Bonchev–Trinajstić information content (AvgIpc) is 2.75. The highest BCUT2D eigenvalue weighted by Crippen LogP contribution is 2.22. The summed E-state index contributed by atoms with van der Waals surface area (Å²) in [7, 11) is 0. The molecule has 1 aromatic rings. The summed E-state index contributed by atoms with van der Waals surface area (Å²) in [5.41, 5.74) is 6.84. The van der Waals surface area contributed by atoms with Gasteiger partial charge in [0, 0.05) is 30.9 Å². The standard InChI is InChI=1S/C13H24N4O/c1-4-5-16-13(18)8-17-9-15-7-12(17)11(6-14)10(2)3/h7,9-11H,4-6,8,14H2,1-3H3,(H,16,18). The number of carbonyl (C=O) groups is 1.